The minimum atomic E-state index is 0. The summed E-state index contributed by atoms with van der Waals surface area (Å²) >= 11 is 0. The molecule has 1 fully saturated rings. The quantitative estimate of drug-likeness (QED) is 0.214. The van der Waals surface area contributed by atoms with Crippen LogP contribution < -0.4 is 15.4 Å². The van der Waals surface area contributed by atoms with Crippen LogP contribution in [0.2, 0.25) is 0 Å². The molecule has 0 bridgehead atoms. The first kappa shape index (κ1) is 23.9. The first-order valence-corrected chi connectivity index (χ1v) is 9.45. The number of aliphatic imine (C=N–C) groups is 1. The normalized spacial score (nSPS) is 14.7. The number of methoxy groups -OCH3 is 1. The molecule has 1 aliphatic carbocycles. The molecule has 0 unspecified atom stereocenters. The SMILES string of the molecule is CN=C(NCCCOCCOC)NCc1cccnc1OC1CCCC1.I. The van der Waals surface area contributed by atoms with Crippen molar-refractivity contribution in [3.8, 4) is 5.88 Å². The monoisotopic (exact) mass is 492 g/mol. The van der Waals surface area contributed by atoms with E-state index in [0.29, 0.717) is 32.5 Å². The maximum absolute atomic E-state index is 6.08. The predicted molar refractivity (Wildman–Crippen MR) is 118 cm³/mol. The van der Waals surface area contributed by atoms with Crippen molar-refractivity contribution in [3.05, 3.63) is 23.9 Å². The Morgan fingerprint density at radius 1 is 1.22 bits per heavy atom. The average molecular weight is 492 g/mol. The van der Waals surface area contributed by atoms with Crippen molar-refractivity contribution >= 4 is 29.9 Å². The second kappa shape index (κ2) is 14.9. The lowest BCUT2D eigenvalue weighted by atomic mass is 10.2. The van der Waals surface area contributed by atoms with Crippen molar-refractivity contribution in [3.63, 3.8) is 0 Å². The van der Waals surface area contributed by atoms with Gasteiger partial charge in [0.1, 0.15) is 6.10 Å². The topological polar surface area (TPSA) is 77.0 Å². The van der Waals surface area contributed by atoms with Crippen LogP contribution in [0.3, 0.4) is 0 Å². The van der Waals surface area contributed by atoms with Gasteiger partial charge in [-0.05, 0) is 38.2 Å². The summed E-state index contributed by atoms with van der Waals surface area (Å²) in [5, 5.41) is 6.61. The van der Waals surface area contributed by atoms with Gasteiger partial charge in [-0.25, -0.2) is 4.98 Å². The van der Waals surface area contributed by atoms with E-state index in [1.165, 1.54) is 12.8 Å². The summed E-state index contributed by atoms with van der Waals surface area (Å²) in [6, 6.07) is 3.98. The van der Waals surface area contributed by atoms with Gasteiger partial charge in [0, 0.05) is 45.6 Å². The fraction of sp³-hybridized carbons (Fsp3) is 0.684. The number of aromatic nitrogens is 1. The second-order valence-electron chi connectivity index (χ2n) is 6.30. The molecular formula is C19H33IN4O3. The van der Waals surface area contributed by atoms with E-state index in [1.807, 2.05) is 12.1 Å². The van der Waals surface area contributed by atoms with Gasteiger partial charge in [0.25, 0.3) is 0 Å². The van der Waals surface area contributed by atoms with Crippen molar-refractivity contribution in [2.24, 2.45) is 4.99 Å². The third-order valence-corrected chi connectivity index (χ3v) is 4.29. The number of ether oxygens (including phenoxy) is 3. The van der Waals surface area contributed by atoms with Gasteiger partial charge in [-0.15, -0.1) is 24.0 Å². The number of rotatable bonds is 11. The molecule has 1 aromatic rings. The molecule has 1 saturated carbocycles. The minimum absolute atomic E-state index is 0. The molecule has 8 heteroatoms. The van der Waals surface area contributed by atoms with Crippen LogP contribution in [0.25, 0.3) is 0 Å². The Labute approximate surface area is 179 Å². The van der Waals surface area contributed by atoms with Crippen molar-refractivity contribution in [2.75, 3.05) is 40.5 Å². The maximum atomic E-state index is 6.08. The molecule has 0 atom stereocenters. The molecule has 1 aliphatic rings. The molecule has 0 saturated heterocycles. The molecule has 2 rings (SSSR count). The maximum Gasteiger partial charge on any atom is 0.218 e. The molecule has 7 nitrogen and oxygen atoms in total. The van der Waals surface area contributed by atoms with E-state index in [4.69, 9.17) is 14.2 Å². The molecule has 0 spiro atoms. The highest BCUT2D eigenvalue weighted by Gasteiger charge is 2.18. The molecule has 0 radical (unpaired) electrons. The lowest BCUT2D eigenvalue weighted by Gasteiger charge is -2.16. The first-order valence-electron chi connectivity index (χ1n) is 9.45. The Kier molecular flexibility index (Phi) is 13.2. The van der Waals surface area contributed by atoms with Crippen LogP contribution in [0.15, 0.2) is 23.3 Å². The minimum Gasteiger partial charge on any atom is -0.474 e. The van der Waals surface area contributed by atoms with Crippen LogP contribution in [-0.2, 0) is 16.0 Å². The summed E-state index contributed by atoms with van der Waals surface area (Å²) in [7, 11) is 3.44. The Balaban J connectivity index is 0.00000364. The highest BCUT2D eigenvalue weighted by atomic mass is 127. The average Bonchev–Trinajstić information content (AvgIpc) is 3.17. The van der Waals surface area contributed by atoms with Crippen molar-refractivity contribution < 1.29 is 14.2 Å². The van der Waals surface area contributed by atoms with Crippen LogP contribution in [0.5, 0.6) is 5.88 Å². The number of pyridine rings is 1. The summed E-state index contributed by atoms with van der Waals surface area (Å²) in [4.78, 5) is 8.66. The largest absolute Gasteiger partial charge is 0.474 e. The third-order valence-electron chi connectivity index (χ3n) is 4.29. The fourth-order valence-corrected chi connectivity index (χ4v) is 2.85. The van der Waals surface area contributed by atoms with Crippen LogP contribution >= 0.6 is 24.0 Å². The molecule has 1 heterocycles. The molecule has 0 aliphatic heterocycles. The Hall–Kier alpha value is -1.13. The van der Waals surface area contributed by atoms with E-state index in [1.54, 1.807) is 20.4 Å². The van der Waals surface area contributed by atoms with Crippen LogP contribution in [0.4, 0.5) is 0 Å². The van der Waals surface area contributed by atoms with E-state index < -0.39 is 0 Å². The lowest BCUT2D eigenvalue weighted by Crippen LogP contribution is -2.37. The summed E-state index contributed by atoms with van der Waals surface area (Å²) in [6.45, 7) is 3.39. The van der Waals surface area contributed by atoms with Crippen LogP contribution in [0, 0.1) is 0 Å². The Morgan fingerprint density at radius 3 is 2.78 bits per heavy atom. The van der Waals surface area contributed by atoms with Gasteiger partial charge in [0.15, 0.2) is 5.96 Å². The zero-order valence-electron chi connectivity index (χ0n) is 16.4. The molecule has 1 aromatic heterocycles. The van der Waals surface area contributed by atoms with Gasteiger partial charge in [0.2, 0.25) is 5.88 Å². The van der Waals surface area contributed by atoms with Gasteiger partial charge >= 0.3 is 0 Å². The summed E-state index contributed by atoms with van der Waals surface area (Å²) < 4.78 is 16.5. The number of nitrogens with zero attached hydrogens (tertiary/aromatic N) is 2. The van der Waals surface area contributed by atoms with Crippen LogP contribution in [0.1, 0.15) is 37.7 Å². The molecule has 154 valence electrons. The van der Waals surface area contributed by atoms with Gasteiger partial charge in [0.05, 0.1) is 13.2 Å². The van der Waals surface area contributed by atoms with E-state index in [0.717, 1.165) is 43.2 Å². The summed E-state index contributed by atoms with van der Waals surface area (Å²) in [5.41, 5.74) is 1.05. The first-order chi connectivity index (χ1) is 12.8. The molecule has 2 N–H and O–H groups in total. The predicted octanol–water partition coefficient (Wildman–Crippen LogP) is 2.74. The van der Waals surface area contributed by atoms with Crippen molar-refractivity contribution in [2.45, 2.75) is 44.8 Å². The zero-order valence-corrected chi connectivity index (χ0v) is 18.7. The Bertz CT molecular complexity index is 539. The van der Waals surface area contributed by atoms with Crippen molar-refractivity contribution in [1.82, 2.24) is 15.6 Å². The van der Waals surface area contributed by atoms with Gasteiger partial charge in [-0.3, -0.25) is 4.99 Å². The van der Waals surface area contributed by atoms with E-state index >= 15 is 0 Å². The van der Waals surface area contributed by atoms with E-state index in [9.17, 15) is 0 Å². The standard InChI is InChI=1S/C19H32N4O3.HI/c1-20-19(22-11-6-12-25-14-13-24-2)23-15-16-7-5-10-21-18(16)26-17-8-3-4-9-17;/h5,7,10,17H,3-4,6,8-9,11-15H2,1-2H3,(H2,20,22,23);1H. The lowest BCUT2D eigenvalue weighted by molar-refractivity contribution is 0.0698. The molecule has 0 amide bonds. The zero-order chi connectivity index (χ0) is 18.5. The van der Waals surface area contributed by atoms with Crippen molar-refractivity contribution in [1.29, 1.82) is 0 Å². The third kappa shape index (κ3) is 9.57. The highest BCUT2D eigenvalue weighted by Crippen LogP contribution is 2.24. The summed E-state index contributed by atoms with van der Waals surface area (Å²) in [5.74, 6) is 1.49. The number of halogens is 1. The molecule has 27 heavy (non-hydrogen) atoms. The van der Waals surface area contributed by atoms with Gasteiger partial charge < -0.3 is 24.8 Å². The number of guanidine groups is 1. The van der Waals surface area contributed by atoms with Gasteiger partial charge in [-0.1, -0.05) is 6.07 Å². The Morgan fingerprint density at radius 2 is 2.04 bits per heavy atom. The molecular weight excluding hydrogens is 459 g/mol. The fourth-order valence-electron chi connectivity index (χ4n) is 2.85. The summed E-state index contributed by atoms with van der Waals surface area (Å²) in [6.07, 6.45) is 7.74. The second-order valence-corrected chi connectivity index (χ2v) is 6.30. The van der Waals surface area contributed by atoms with E-state index in [2.05, 4.69) is 20.6 Å². The number of hydrogen-bond acceptors (Lipinski definition) is 5. The highest BCUT2D eigenvalue weighted by molar-refractivity contribution is 14.0. The number of nitrogens with one attached hydrogen (secondary N) is 2. The smallest absolute Gasteiger partial charge is 0.218 e. The van der Waals surface area contributed by atoms with Gasteiger partial charge in [-0.2, -0.15) is 0 Å². The van der Waals surface area contributed by atoms with E-state index in [-0.39, 0.29) is 24.0 Å². The molecule has 0 aromatic carbocycles. The number of hydrogen-bond donors (Lipinski definition) is 2. The van der Waals surface area contributed by atoms with Crippen LogP contribution in [-0.4, -0.2) is 57.6 Å².